The summed E-state index contributed by atoms with van der Waals surface area (Å²) < 4.78 is 24.6. The lowest BCUT2D eigenvalue weighted by Gasteiger charge is -2.06. The topological polar surface area (TPSA) is 64.8 Å². The molecular formula is C8H14BrN3O2S. The van der Waals surface area contributed by atoms with Gasteiger partial charge in [0.25, 0.3) is 0 Å². The first kappa shape index (κ1) is 12.6. The highest BCUT2D eigenvalue weighted by Crippen LogP contribution is 2.03. The first-order valence-corrected chi connectivity index (χ1v) is 7.46. The number of sulfone groups is 1. The molecule has 1 aromatic heterocycles. The molecule has 0 amide bonds. The van der Waals surface area contributed by atoms with Crippen LogP contribution in [0.3, 0.4) is 0 Å². The maximum atomic E-state index is 11.5. The lowest BCUT2D eigenvalue weighted by atomic mass is 10.5. The molecule has 5 nitrogen and oxygen atoms in total. The summed E-state index contributed by atoms with van der Waals surface area (Å²) in [6.45, 7) is 3.72. The fourth-order valence-electron chi connectivity index (χ4n) is 0.966. The number of nitrogens with zero attached hydrogens (tertiary/aromatic N) is 3. The van der Waals surface area contributed by atoms with Crippen LogP contribution in [0.5, 0.6) is 0 Å². The van der Waals surface area contributed by atoms with Crippen molar-refractivity contribution in [1.29, 1.82) is 0 Å². The minimum absolute atomic E-state index is 0.107. The van der Waals surface area contributed by atoms with Gasteiger partial charge in [0.1, 0.15) is 0 Å². The van der Waals surface area contributed by atoms with Crippen molar-refractivity contribution in [3.63, 3.8) is 0 Å². The second-order valence-electron chi connectivity index (χ2n) is 3.52. The molecule has 0 saturated heterocycles. The molecule has 7 heteroatoms. The van der Waals surface area contributed by atoms with Crippen LogP contribution in [-0.4, -0.2) is 34.4 Å². The van der Waals surface area contributed by atoms with Crippen LogP contribution in [0.4, 0.5) is 0 Å². The first-order valence-electron chi connectivity index (χ1n) is 4.62. The molecule has 0 bridgehead atoms. The van der Waals surface area contributed by atoms with Gasteiger partial charge in [0.15, 0.2) is 9.84 Å². The Labute approximate surface area is 97.9 Å². The second-order valence-corrected chi connectivity index (χ2v) is 6.76. The molecule has 15 heavy (non-hydrogen) atoms. The summed E-state index contributed by atoms with van der Waals surface area (Å²) in [7, 11) is -2.99. The molecule has 0 spiro atoms. The Balaban J connectivity index is 2.58. The average molecular weight is 296 g/mol. The number of aryl methyl sites for hydroxylation is 1. The van der Waals surface area contributed by atoms with E-state index in [-0.39, 0.29) is 11.0 Å². The lowest BCUT2D eigenvalue weighted by molar-refractivity contribution is 0.568. The summed E-state index contributed by atoms with van der Waals surface area (Å²) in [5.41, 5.74) is 0.803. The Morgan fingerprint density at radius 3 is 2.67 bits per heavy atom. The molecule has 0 aliphatic heterocycles. The summed E-state index contributed by atoms with van der Waals surface area (Å²) in [6.07, 6.45) is 1.74. The largest absolute Gasteiger partial charge is 0.251 e. The van der Waals surface area contributed by atoms with Crippen molar-refractivity contribution >= 4 is 25.8 Å². The molecule has 0 aliphatic rings. The van der Waals surface area contributed by atoms with Gasteiger partial charge in [-0.05, 0) is 13.8 Å². The van der Waals surface area contributed by atoms with Gasteiger partial charge in [-0.3, -0.25) is 4.68 Å². The van der Waals surface area contributed by atoms with E-state index in [9.17, 15) is 8.42 Å². The molecule has 86 valence electrons. The highest BCUT2D eigenvalue weighted by Gasteiger charge is 2.16. The van der Waals surface area contributed by atoms with Gasteiger partial charge in [-0.1, -0.05) is 21.1 Å². The first-order chi connectivity index (χ1) is 6.95. The highest BCUT2D eigenvalue weighted by atomic mass is 79.9. The number of hydrogen-bond acceptors (Lipinski definition) is 4. The molecule has 0 atom stereocenters. The highest BCUT2D eigenvalue weighted by molar-refractivity contribution is 9.08. The van der Waals surface area contributed by atoms with Crippen LogP contribution in [0, 0.1) is 0 Å². The van der Waals surface area contributed by atoms with Crippen molar-refractivity contribution in [2.24, 2.45) is 0 Å². The predicted octanol–water partition coefficient (Wildman–Crippen LogP) is 0.996. The van der Waals surface area contributed by atoms with Crippen LogP contribution in [0.1, 0.15) is 19.5 Å². The van der Waals surface area contributed by atoms with E-state index in [0.29, 0.717) is 11.9 Å². The normalized spacial score (nSPS) is 12.3. The van der Waals surface area contributed by atoms with Gasteiger partial charge in [-0.15, -0.1) is 5.10 Å². The summed E-state index contributed by atoms with van der Waals surface area (Å²) in [6, 6.07) is 0. The fraction of sp³-hybridized carbons (Fsp3) is 0.750. The molecule has 0 aliphatic carbocycles. The molecule has 0 unspecified atom stereocenters. The molecule has 1 heterocycles. The SMILES string of the molecule is CC(C)S(=O)(=O)CCn1cc(CBr)nn1. The van der Waals surface area contributed by atoms with Gasteiger partial charge in [-0.25, -0.2) is 8.42 Å². The van der Waals surface area contributed by atoms with Crippen molar-refractivity contribution in [1.82, 2.24) is 15.0 Å². The monoisotopic (exact) mass is 295 g/mol. The van der Waals surface area contributed by atoms with Crippen LogP contribution in [0.2, 0.25) is 0 Å². The Hall–Kier alpha value is -0.430. The zero-order chi connectivity index (χ0) is 11.5. The van der Waals surface area contributed by atoms with E-state index >= 15 is 0 Å². The average Bonchev–Trinajstić information content (AvgIpc) is 2.62. The summed E-state index contributed by atoms with van der Waals surface area (Å²) in [4.78, 5) is 0. The van der Waals surface area contributed by atoms with E-state index in [1.165, 1.54) is 0 Å². The van der Waals surface area contributed by atoms with Crippen molar-refractivity contribution in [2.45, 2.75) is 31.0 Å². The quantitative estimate of drug-likeness (QED) is 0.760. The van der Waals surface area contributed by atoms with Crippen molar-refractivity contribution < 1.29 is 8.42 Å². The minimum Gasteiger partial charge on any atom is -0.251 e. The maximum Gasteiger partial charge on any atom is 0.154 e. The Morgan fingerprint density at radius 1 is 1.53 bits per heavy atom. The van der Waals surface area contributed by atoms with Crippen LogP contribution < -0.4 is 0 Å². The number of alkyl halides is 1. The zero-order valence-electron chi connectivity index (χ0n) is 8.72. The van der Waals surface area contributed by atoms with Gasteiger partial charge in [0.2, 0.25) is 0 Å². The third kappa shape index (κ3) is 3.57. The molecule has 0 aromatic carbocycles. The van der Waals surface area contributed by atoms with E-state index in [1.54, 1.807) is 24.7 Å². The molecule has 0 fully saturated rings. The van der Waals surface area contributed by atoms with E-state index < -0.39 is 9.84 Å². The van der Waals surface area contributed by atoms with Crippen molar-refractivity contribution in [3.05, 3.63) is 11.9 Å². The third-order valence-corrected chi connectivity index (χ3v) is 4.81. The third-order valence-electron chi connectivity index (χ3n) is 2.05. The van der Waals surface area contributed by atoms with E-state index in [1.807, 2.05) is 0 Å². The lowest BCUT2D eigenvalue weighted by Crippen LogP contribution is -2.21. The van der Waals surface area contributed by atoms with E-state index in [2.05, 4.69) is 26.2 Å². The second kappa shape index (κ2) is 5.07. The summed E-state index contributed by atoms with van der Waals surface area (Å²) in [5, 5.41) is 7.97. The van der Waals surface area contributed by atoms with Gasteiger partial charge in [0.05, 0.1) is 23.2 Å². The minimum atomic E-state index is -2.99. The van der Waals surface area contributed by atoms with Crippen LogP contribution >= 0.6 is 15.9 Å². The maximum absolute atomic E-state index is 11.5. The molecule has 0 N–H and O–H groups in total. The Kier molecular flexibility index (Phi) is 4.27. The zero-order valence-corrected chi connectivity index (χ0v) is 11.1. The molecule has 0 saturated carbocycles. The van der Waals surface area contributed by atoms with Gasteiger partial charge in [-0.2, -0.15) is 0 Å². The number of rotatable bonds is 5. The molecule has 1 rings (SSSR count). The van der Waals surface area contributed by atoms with E-state index in [4.69, 9.17) is 0 Å². The number of aromatic nitrogens is 3. The van der Waals surface area contributed by atoms with Crippen LogP contribution in [-0.2, 0) is 21.7 Å². The Bertz CT molecular complexity index is 413. The summed E-state index contributed by atoms with van der Waals surface area (Å²) in [5.74, 6) is 0.107. The molecular weight excluding hydrogens is 282 g/mol. The number of hydrogen-bond donors (Lipinski definition) is 0. The van der Waals surface area contributed by atoms with Crippen molar-refractivity contribution in [3.8, 4) is 0 Å². The van der Waals surface area contributed by atoms with Gasteiger partial charge < -0.3 is 0 Å². The molecule has 1 aromatic rings. The smallest absolute Gasteiger partial charge is 0.154 e. The standard InChI is InChI=1S/C8H14BrN3O2S/c1-7(2)15(13,14)4-3-12-6-8(5-9)10-11-12/h6-7H,3-5H2,1-2H3. The van der Waals surface area contributed by atoms with E-state index in [0.717, 1.165) is 5.69 Å². The van der Waals surface area contributed by atoms with Gasteiger partial charge in [0, 0.05) is 11.5 Å². The summed E-state index contributed by atoms with van der Waals surface area (Å²) >= 11 is 3.25. The van der Waals surface area contributed by atoms with Gasteiger partial charge >= 0.3 is 0 Å². The number of halogens is 1. The van der Waals surface area contributed by atoms with Crippen molar-refractivity contribution in [2.75, 3.05) is 5.75 Å². The molecule has 0 radical (unpaired) electrons. The predicted molar refractivity (Wildman–Crippen MR) is 61.6 cm³/mol. The van der Waals surface area contributed by atoms with Crippen LogP contribution in [0.15, 0.2) is 6.20 Å². The van der Waals surface area contributed by atoms with Crippen LogP contribution in [0.25, 0.3) is 0 Å². The fourth-order valence-corrected chi connectivity index (χ4v) is 2.14. The Morgan fingerprint density at radius 2 is 2.20 bits per heavy atom.